The van der Waals surface area contributed by atoms with Crippen LogP contribution >= 0.6 is 11.8 Å². The molecule has 0 spiro atoms. The predicted octanol–water partition coefficient (Wildman–Crippen LogP) is 2.61. The first-order chi connectivity index (χ1) is 9.00. The van der Waals surface area contributed by atoms with Crippen molar-refractivity contribution < 1.29 is 14.7 Å². The van der Waals surface area contributed by atoms with E-state index in [9.17, 15) is 9.59 Å². The van der Waals surface area contributed by atoms with Gasteiger partial charge >= 0.3 is 5.97 Å². The zero-order valence-electron chi connectivity index (χ0n) is 11.1. The molecule has 0 saturated carbocycles. The highest BCUT2D eigenvalue weighted by Gasteiger charge is 2.25. The lowest BCUT2D eigenvalue weighted by molar-refractivity contribution is -0.138. The molecule has 1 aromatic rings. The molecule has 0 atom stereocenters. The molecular weight excluding hydrogens is 262 g/mol. The molecular formula is C14H17NO3S. The number of amides is 1. The van der Waals surface area contributed by atoms with E-state index in [4.69, 9.17) is 5.11 Å². The molecule has 1 N–H and O–H groups in total. The fraction of sp³-hybridized carbons (Fsp3) is 0.429. The third-order valence-corrected chi connectivity index (χ3v) is 4.41. The number of hydrogen-bond donors (Lipinski definition) is 1. The van der Waals surface area contributed by atoms with Crippen LogP contribution < -0.4 is 4.90 Å². The van der Waals surface area contributed by atoms with Crippen LogP contribution in [0.2, 0.25) is 0 Å². The number of benzene rings is 1. The van der Waals surface area contributed by atoms with Gasteiger partial charge in [-0.05, 0) is 25.0 Å². The van der Waals surface area contributed by atoms with Gasteiger partial charge in [0.15, 0.2) is 0 Å². The van der Waals surface area contributed by atoms with E-state index in [0.29, 0.717) is 6.54 Å². The molecule has 19 heavy (non-hydrogen) atoms. The van der Waals surface area contributed by atoms with E-state index in [-0.39, 0.29) is 18.7 Å². The summed E-state index contributed by atoms with van der Waals surface area (Å²) in [6, 6.07) is 4.07. The summed E-state index contributed by atoms with van der Waals surface area (Å²) in [5, 5.41) is 8.68. The average Bonchev–Trinajstić information content (AvgIpc) is 2.39. The molecule has 0 radical (unpaired) electrons. The highest BCUT2D eigenvalue weighted by Crippen LogP contribution is 2.39. The summed E-state index contributed by atoms with van der Waals surface area (Å²) in [6.45, 7) is 4.68. The Kier molecular flexibility index (Phi) is 4.14. The standard InChI is InChI=1S/C14H17NO3S/c1-9-3-4-10(2)14-13(9)15(7-8-19-14)11(16)5-6-12(17)18/h3-4H,5-8H2,1-2H3,(H,17,18). The van der Waals surface area contributed by atoms with Crippen molar-refractivity contribution >= 4 is 29.3 Å². The van der Waals surface area contributed by atoms with Crippen LogP contribution in [-0.2, 0) is 9.59 Å². The molecule has 102 valence electrons. The van der Waals surface area contributed by atoms with Crippen molar-refractivity contribution in [3.05, 3.63) is 23.3 Å². The van der Waals surface area contributed by atoms with Gasteiger partial charge in [-0.1, -0.05) is 12.1 Å². The Balaban J connectivity index is 2.29. The smallest absolute Gasteiger partial charge is 0.303 e. The molecule has 0 saturated heterocycles. The molecule has 1 amide bonds. The van der Waals surface area contributed by atoms with Gasteiger partial charge in [-0.3, -0.25) is 9.59 Å². The largest absolute Gasteiger partial charge is 0.481 e. The molecule has 0 bridgehead atoms. The van der Waals surface area contributed by atoms with E-state index in [1.165, 1.54) is 5.56 Å². The van der Waals surface area contributed by atoms with Crippen LogP contribution in [0.5, 0.6) is 0 Å². The van der Waals surface area contributed by atoms with Gasteiger partial charge in [0, 0.05) is 23.6 Å². The Morgan fingerprint density at radius 1 is 1.26 bits per heavy atom. The Labute approximate surface area is 116 Å². The molecule has 0 fully saturated rings. The maximum atomic E-state index is 12.2. The average molecular weight is 279 g/mol. The fourth-order valence-corrected chi connectivity index (χ4v) is 3.42. The Bertz CT molecular complexity index is 528. The number of aryl methyl sites for hydroxylation is 2. The molecule has 1 aromatic carbocycles. The first kappa shape index (κ1) is 13.9. The number of nitrogens with zero attached hydrogens (tertiary/aromatic N) is 1. The van der Waals surface area contributed by atoms with E-state index in [2.05, 4.69) is 6.07 Å². The zero-order valence-corrected chi connectivity index (χ0v) is 11.9. The lowest BCUT2D eigenvalue weighted by Gasteiger charge is -2.31. The fourth-order valence-electron chi connectivity index (χ4n) is 2.24. The second kappa shape index (κ2) is 5.65. The van der Waals surface area contributed by atoms with Crippen LogP contribution in [-0.4, -0.2) is 29.3 Å². The number of anilines is 1. The summed E-state index contributed by atoms with van der Waals surface area (Å²) >= 11 is 1.76. The Morgan fingerprint density at radius 3 is 2.63 bits per heavy atom. The molecule has 0 aromatic heterocycles. The second-order valence-electron chi connectivity index (χ2n) is 4.66. The number of thioether (sulfide) groups is 1. The summed E-state index contributed by atoms with van der Waals surface area (Å²) in [5.74, 6) is -0.172. The van der Waals surface area contributed by atoms with Crippen molar-refractivity contribution in [2.24, 2.45) is 0 Å². The van der Waals surface area contributed by atoms with Gasteiger partial charge in [0.2, 0.25) is 5.91 Å². The number of fused-ring (bicyclic) bond motifs is 1. The molecule has 4 nitrogen and oxygen atoms in total. The lowest BCUT2D eigenvalue weighted by Crippen LogP contribution is -2.36. The maximum Gasteiger partial charge on any atom is 0.303 e. The minimum atomic E-state index is -0.930. The van der Waals surface area contributed by atoms with Gasteiger partial charge in [0.25, 0.3) is 0 Å². The van der Waals surface area contributed by atoms with E-state index >= 15 is 0 Å². The van der Waals surface area contributed by atoms with Crippen LogP contribution in [0.25, 0.3) is 0 Å². The third kappa shape index (κ3) is 2.92. The molecule has 1 aliphatic rings. The Hall–Kier alpha value is -1.49. The SMILES string of the molecule is Cc1ccc(C)c2c1SCCN2C(=O)CCC(=O)O. The highest BCUT2D eigenvalue weighted by atomic mass is 32.2. The van der Waals surface area contributed by atoms with Crippen molar-refractivity contribution in [1.82, 2.24) is 0 Å². The quantitative estimate of drug-likeness (QED) is 0.924. The number of carboxylic acids is 1. The van der Waals surface area contributed by atoms with Gasteiger partial charge in [0.05, 0.1) is 12.1 Å². The third-order valence-electron chi connectivity index (χ3n) is 3.22. The maximum absolute atomic E-state index is 12.2. The monoisotopic (exact) mass is 279 g/mol. The normalized spacial score (nSPS) is 14.1. The van der Waals surface area contributed by atoms with Gasteiger partial charge in [0.1, 0.15) is 0 Å². The van der Waals surface area contributed by atoms with Crippen LogP contribution in [0.3, 0.4) is 0 Å². The molecule has 5 heteroatoms. The van der Waals surface area contributed by atoms with Crippen molar-refractivity contribution in [1.29, 1.82) is 0 Å². The number of aliphatic carboxylic acids is 1. The van der Waals surface area contributed by atoms with E-state index in [1.807, 2.05) is 19.9 Å². The van der Waals surface area contributed by atoms with Crippen LogP contribution in [0, 0.1) is 13.8 Å². The summed E-state index contributed by atoms with van der Waals surface area (Å²) in [4.78, 5) is 25.7. The van der Waals surface area contributed by atoms with Gasteiger partial charge in [-0.15, -0.1) is 11.8 Å². The number of carboxylic acid groups (broad SMARTS) is 1. The highest BCUT2D eigenvalue weighted by molar-refractivity contribution is 7.99. The molecule has 1 heterocycles. The first-order valence-corrected chi connectivity index (χ1v) is 7.24. The Morgan fingerprint density at radius 2 is 1.95 bits per heavy atom. The first-order valence-electron chi connectivity index (χ1n) is 6.26. The number of carbonyl (C=O) groups is 2. The summed E-state index contributed by atoms with van der Waals surface area (Å²) in [6.07, 6.45) is -0.0461. The summed E-state index contributed by atoms with van der Waals surface area (Å²) < 4.78 is 0. The number of hydrogen-bond acceptors (Lipinski definition) is 3. The minimum Gasteiger partial charge on any atom is -0.481 e. The van der Waals surface area contributed by atoms with Gasteiger partial charge in [-0.2, -0.15) is 0 Å². The molecule has 0 aliphatic carbocycles. The van der Waals surface area contributed by atoms with Crippen molar-refractivity contribution in [3.63, 3.8) is 0 Å². The van der Waals surface area contributed by atoms with Crippen LogP contribution in [0.1, 0.15) is 24.0 Å². The van der Waals surface area contributed by atoms with E-state index in [0.717, 1.165) is 21.9 Å². The van der Waals surface area contributed by atoms with Gasteiger partial charge in [-0.25, -0.2) is 0 Å². The van der Waals surface area contributed by atoms with E-state index < -0.39 is 5.97 Å². The molecule has 0 unspecified atom stereocenters. The summed E-state index contributed by atoms with van der Waals surface area (Å²) in [7, 11) is 0. The topological polar surface area (TPSA) is 57.6 Å². The zero-order chi connectivity index (χ0) is 14.0. The van der Waals surface area contributed by atoms with Crippen LogP contribution in [0.15, 0.2) is 17.0 Å². The molecule has 1 aliphatic heterocycles. The predicted molar refractivity (Wildman–Crippen MR) is 75.9 cm³/mol. The molecule has 2 rings (SSSR count). The van der Waals surface area contributed by atoms with E-state index in [1.54, 1.807) is 16.7 Å². The minimum absolute atomic E-state index is 0.0623. The van der Waals surface area contributed by atoms with Crippen molar-refractivity contribution in [2.75, 3.05) is 17.2 Å². The second-order valence-corrected chi connectivity index (χ2v) is 5.77. The number of carbonyl (C=O) groups excluding carboxylic acids is 1. The van der Waals surface area contributed by atoms with Crippen LogP contribution in [0.4, 0.5) is 5.69 Å². The number of rotatable bonds is 3. The van der Waals surface area contributed by atoms with Crippen molar-refractivity contribution in [2.45, 2.75) is 31.6 Å². The summed E-state index contributed by atoms with van der Waals surface area (Å²) in [5.41, 5.74) is 3.20. The lowest BCUT2D eigenvalue weighted by atomic mass is 10.1. The van der Waals surface area contributed by atoms with Gasteiger partial charge < -0.3 is 10.0 Å². The van der Waals surface area contributed by atoms with Crippen molar-refractivity contribution in [3.8, 4) is 0 Å².